The highest BCUT2D eigenvalue weighted by Crippen LogP contribution is 2.15. The van der Waals surface area contributed by atoms with Gasteiger partial charge in [0.15, 0.2) is 0 Å². The fourth-order valence-corrected chi connectivity index (χ4v) is 2.77. The van der Waals surface area contributed by atoms with E-state index in [-0.39, 0.29) is 0 Å². The molecule has 0 bridgehead atoms. The van der Waals surface area contributed by atoms with E-state index < -0.39 is 0 Å². The molecule has 1 aromatic rings. The maximum absolute atomic E-state index is 3.55. The summed E-state index contributed by atoms with van der Waals surface area (Å²) in [5, 5.41) is 5.71. The van der Waals surface area contributed by atoms with Gasteiger partial charge >= 0.3 is 0 Å². The first-order valence-corrected chi connectivity index (χ1v) is 7.11. The molecule has 0 spiro atoms. The maximum atomic E-state index is 3.55. The van der Waals surface area contributed by atoms with Gasteiger partial charge in [0.1, 0.15) is 0 Å². The van der Waals surface area contributed by atoms with Crippen LogP contribution in [0.15, 0.2) is 11.4 Å². The molecule has 0 amide bonds. The molecular weight excluding hydrogens is 210 g/mol. The van der Waals surface area contributed by atoms with Crippen LogP contribution in [0.5, 0.6) is 0 Å². The molecule has 0 radical (unpaired) electrons. The summed E-state index contributed by atoms with van der Waals surface area (Å²) < 4.78 is 0. The van der Waals surface area contributed by atoms with Crippen LogP contribution in [0.2, 0.25) is 0 Å². The van der Waals surface area contributed by atoms with Crippen LogP contribution in [-0.4, -0.2) is 17.5 Å². The van der Waals surface area contributed by atoms with Crippen molar-refractivity contribution in [2.75, 3.05) is 11.5 Å². The maximum Gasteiger partial charge on any atom is 0.0305 e. The standard InChI is InChI=1S/C11H19NS2/c1-4-13-8-10(3)12-7-11-9(2)5-6-14-11/h5-6,10,12H,4,7-8H2,1-3H3. The Morgan fingerprint density at radius 2 is 2.36 bits per heavy atom. The van der Waals surface area contributed by atoms with Crippen molar-refractivity contribution in [3.8, 4) is 0 Å². The Morgan fingerprint density at radius 3 is 2.93 bits per heavy atom. The Kier molecular flexibility index (Phi) is 5.60. The monoisotopic (exact) mass is 229 g/mol. The third-order valence-corrected chi connectivity index (χ3v) is 4.32. The SMILES string of the molecule is CCSCC(C)NCc1sccc1C. The summed E-state index contributed by atoms with van der Waals surface area (Å²) in [4.78, 5) is 1.47. The van der Waals surface area contributed by atoms with Gasteiger partial charge in [-0.2, -0.15) is 11.8 Å². The summed E-state index contributed by atoms with van der Waals surface area (Å²) in [5.74, 6) is 2.42. The number of aryl methyl sites for hydroxylation is 1. The van der Waals surface area contributed by atoms with E-state index in [4.69, 9.17) is 0 Å². The molecule has 3 heteroatoms. The van der Waals surface area contributed by atoms with Gasteiger partial charge < -0.3 is 5.32 Å². The van der Waals surface area contributed by atoms with E-state index in [0.29, 0.717) is 6.04 Å². The number of rotatable bonds is 6. The van der Waals surface area contributed by atoms with E-state index in [1.165, 1.54) is 21.9 Å². The Labute approximate surface area is 95.3 Å². The summed E-state index contributed by atoms with van der Waals surface area (Å²) in [7, 11) is 0. The number of hydrogen-bond acceptors (Lipinski definition) is 3. The van der Waals surface area contributed by atoms with Crippen molar-refractivity contribution < 1.29 is 0 Å². The van der Waals surface area contributed by atoms with Crippen molar-refractivity contribution in [2.45, 2.75) is 33.4 Å². The minimum Gasteiger partial charge on any atom is -0.309 e. The summed E-state index contributed by atoms with van der Waals surface area (Å²) >= 11 is 3.84. The highest BCUT2D eigenvalue weighted by molar-refractivity contribution is 7.99. The van der Waals surface area contributed by atoms with Gasteiger partial charge in [0.05, 0.1) is 0 Å². The number of hydrogen-bond donors (Lipinski definition) is 1. The van der Waals surface area contributed by atoms with Crippen molar-refractivity contribution in [3.05, 3.63) is 21.9 Å². The van der Waals surface area contributed by atoms with Gasteiger partial charge in [-0.15, -0.1) is 11.3 Å². The molecule has 1 rings (SSSR count). The van der Waals surface area contributed by atoms with Crippen LogP contribution < -0.4 is 5.32 Å². The highest BCUT2D eigenvalue weighted by Gasteiger charge is 2.03. The van der Waals surface area contributed by atoms with E-state index in [0.717, 1.165) is 6.54 Å². The van der Waals surface area contributed by atoms with Gasteiger partial charge in [0.2, 0.25) is 0 Å². The lowest BCUT2D eigenvalue weighted by Crippen LogP contribution is -2.27. The van der Waals surface area contributed by atoms with Crippen LogP contribution in [0.1, 0.15) is 24.3 Å². The molecule has 0 aliphatic rings. The largest absolute Gasteiger partial charge is 0.309 e. The third-order valence-electron chi connectivity index (χ3n) is 2.15. The van der Waals surface area contributed by atoms with Crippen molar-refractivity contribution in [1.29, 1.82) is 0 Å². The summed E-state index contributed by atoms with van der Waals surface area (Å²) in [6.07, 6.45) is 0. The zero-order valence-corrected chi connectivity index (χ0v) is 10.8. The van der Waals surface area contributed by atoms with Gasteiger partial charge in [-0.25, -0.2) is 0 Å². The highest BCUT2D eigenvalue weighted by atomic mass is 32.2. The molecule has 14 heavy (non-hydrogen) atoms. The second-order valence-electron chi connectivity index (χ2n) is 3.47. The van der Waals surface area contributed by atoms with E-state index in [1.54, 1.807) is 0 Å². The first kappa shape index (κ1) is 12.1. The van der Waals surface area contributed by atoms with Crippen LogP contribution in [0.3, 0.4) is 0 Å². The number of nitrogens with one attached hydrogen (secondary N) is 1. The first-order valence-electron chi connectivity index (χ1n) is 5.08. The molecule has 0 saturated carbocycles. The second kappa shape index (κ2) is 6.49. The number of thioether (sulfide) groups is 1. The van der Waals surface area contributed by atoms with E-state index in [9.17, 15) is 0 Å². The molecule has 0 aliphatic carbocycles. The van der Waals surface area contributed by atoms with E-state index in [2.05, 4.69) is 37.5 Å². The van der Waals surface area contributed by atoms with E-state index >= 15 is 0 Å². The van der Waals surface area contributed by atoms with Crippen molar-refractivity contribution in [1.82, 2.24) is 5.32 Å². The Hall–Kier alpha value is 0.0100. The molecule has 80 valence electrons. The molecule has 1 aromatic heterocycles. The van der Waals surface area contributed by atoms with Gasteiger partial charge in [0.25, 0.3) is 0 Å². The lowest BCUT2D eigenvalue weighted by molar-refractivity contribution is 0.599. The van der Waals surface area contributed by atoms with Gasteiger partial charge in [-0.1, -0.05) is 6.92 Å². The topological polar surface area (TPSA) is 12.0 Å². The minimum atomic E-state index is 0.612. The smallest absolute Gasteiger partial charge is 0.0305 e. The molecule has 1 atom stereocenters. The van der Waals surface area contributed by atoms with Gasteiger partial charge in [0, 0.05) is 23.2 Å². The van der Waals surface area contributed by atoms with Crippen molar-refractivity contribution in [2.24, 2.45) is 0 Å². The van der Waals surface area contributed by atoms with Crippen LogP contribution >= 0.6 is 23.1 Å². The number of thiophene rings is 1. The summed E-state index contributed by atoms with van der Waals surface area (Å²) in [6.45, 7) is 7.67. The summed E-state index contributed by atoms with van der Waals surface area (Å²) in [5.41, 5.74) is 1.41. The molecule has 1 unspecified atom stereocenters. The Morgan fingerprint density at radius 1 is 1.57 bits per heavy atom. The molecule has 1 nitrogen and oxygen atoms in total. The fourth-order valence-electron chi connectivity index (χ4n) is 1.21. The molecule has 1 heterocycles. The lowest BCUT2D eigenvalue weighted by Gasteiger charge is -2.12. The second-order valence-corrected chi connectivity index (χ2v) is 5.79. The van der Waals surface area contributed by atoms with E-state index in [1.807, 2.05) is 23.1 Å². The predicted octanol–water partition coefficient (Wildman–Crippen LogP) is 3.29. The molecule has 0 aliphatic heterocycles. The predicted molar refractivity (Wildman–Crippen MR) is 68.4 cm³/mol. The van der Waals surface area contributed by atoms with Crippen molar-refractivity contribution in [3.63, 3.8) is 0 Å². The van der Waals surface area contributed by atoms with Gasteiger partial charge in [-0.3, -0.25) is 0 Å². The Balaban J connectivity index is 2.23. The third kappa shape index (κ3) is 4.03. The molecule has 1 N–H and O–H groups in total. The fraction of sp³-hybridized carbons (Fsp3) is 0.636. The zero-order chi connectivity index (χ0) is 10.4. The minimum absolute atomic E-state index is 0.612. The Bertz CT molecular complexity index is 258. The van der Waals surface area contributed by atoms with Crippen LogP contribution in [0.25, 0.3) is 0 Å². The summed E-state index contributed by atoms with van der Waals surface area (Å²) in [6, 6.07) is 2.80. The first-order chi connectivity index (χ1) is 6.74. The molecule has 0 aromatic carbocycles. The van der Waals surface area contributed by atoms with Gasteiger partial charge in [-0.05, 0) is 36.6 Å². The van der Waals surface area contributed by atoms with Crippen molar-refractivity contribution >= 4 is 23.1 Å². The van der Waals surface area contributed by atoms with Crippen LogP contribution in [-0.2, 0) is 6.54 Å². The average molecular weight is 229 g/mol. The van der Waals surface area contributed by atoms with Crippen LogP contribution in [0, 0.1) is 6.92 Å². The quantitative estimate of drug-likeness (QED) is 0.803. The zero-order valence-electron chi connectivity index (χ0n) is 9.17. The molecule has 0 saturated heterocycles. The van der Waals surface area contributed by atoms with Crippen LogP contribution in [0.4, 0.5) is 0 Å². The molecule has 0 fully saturated rings. The molecular formula is C11H19NS2. The normalized spacial score (nSPS) is 13.1. The lowest BCUT2D eigenvalue weighted by atomic mass is 10.3. The average Bonchev–Trinajstić information content (AvgIpc) is 2.58.